The molecule has 1 N–H and O–H groups in total. The monoisotopic (exact) mass is 422 g/mol. The summed E-state index contributed by atoms with van der Waals surface area (Å²) in [6.45, 7) is 6.21. The third kappa shape index (κ3) is 4.55. The van der Waals surface area contributed by atoms with Crippen molar-refractivity contribution in [1.82, 2.24) is 4.31 Å². The molecule has 1 aliphatic rings. The number of halogens is 1. The number of anilines is 1. The van der Waals surface area contributed by atoms with Gasteiger partial charge in [0, 0.05) is 18.7 Å². The van der Waals surface area contributed by atoms with Crippen LogP contribution in [-0.2, 0) is 14.8 Å². The molecule has 2 unspecified atom stereocenters. The molecule has 2 aromatic rings. The van der Waals surface area contributed by atoms with E-state index in [1.54, 1.807) is 12.1 Å². The minimum atomic E-state index is -3.64. The van der Waals surface area contributed by atoms with Crippen LogP contribution < -0.4 is 5.32 Å². The van der Waals surface area contributed by atoms with Crippen LogP contribution in [0.15, 0.2) is 47.4 Å². The van der Waals surface area contributed by atoms with Gasteiger partial charge in [0.25, 0.3) is 5.91 Å². The maximum atomic E-state index is 12.9. The van der Waals surface area contributed by atoms with E-state index in [4.69, 9.17) is 16.3 Å². The number of carbonyl (C=O) groups is 1. The van der Waals surface area contributed by atoms with Gasteiger partial charge in [0.05, 0.1) is 27.8 Å². The molecule has 28 heavy (non-hydrogen) atoms. The molecule has 0 radical (unpaired) electrons. The molecule has 1 saturated heterocycles. The van der Waals surface area contributed by atoms with Gasteiger partial charge in [0.1, 0.15) is 0 Å². The lowest BCUT2D eigenvalue weighted by Crippen LogP contribution is -2.48. The molecule has 6 nitrogen and oxygen atoms in total. The summed E-state index contributed by atoms with van der Waals surface area (Å²) < 4.78 is 32.8. The number of amides is 1. The molecule has 1 fully saturated rings. The van der Waals surface area contributed by atoms with Crippen LogP contribution in [0.4, 0.5) is 5.69 Å². The van der Waals surface area contributed by atoms with Crippen LogP contribution in [0.2, 0.25) is 5.02 Å². The van der Waals surface area contributed by atoms with Crippen LogP contribution in [0.1, 0.15) is 29.8 Å². The largest absolute Gasteiger partial charge is 0.373 e. The minimum Gasteiger partial charge on any atom is -0.373 e. The van der Waals surface area contributed by atoms with E-state index >= 15 is 0 Å². The second-order valence-corrected chi connectivity index (χ2v) is 9.39. The molecule has 0 spiro atoms. The number of hydrogen-bond acceptors (Lipinski definition) is 4. The van der Waals surface area contributed by atoms with Crippen molar-refractivity contribution in [2.75, 3.05) is 18.4 Å². The first kappa shape index (κ1) is 20.8. The Morgan fingerprint density at radius 2 is 1.71 bits per heavy atom. The second kappa shape index (κ2) is 8.21. The van der Waals surface area contributed by atoms with Crippen LogP contribution in [0.5, 0.6) is 0 Å². The first-order valence-corrected chi connectivity index (χ1v) is 10.8. The van der Waals surface area contributed by atoms with Gasteiger partial charge in [-0.15, -0.1) is 0 Å². The van der Waals surface area contributed by atoms with Crippen LogP contribution in [0.25, 0.3) is 0 Å². The Kier molecular flexibility index (Phi) is 6.09. The standard InChI is InChI=1S/C20H23ClN2O4S/c1-13-4-9-18(21)19(10-13)22-20(24)16-5-7-17(8-6-16)28(25,26)23-11-14(2)27-15(3)12-23/h4-10,14-15H,11-12H2,1-3H3,(H,22,24). The average molecular weight is 423 g/mol. The number of sulfonamides is 1. The number of aryl methyl sites for hydroxylation is 1. The van der Waals surface area contributed by atoms with Crippen molar-refractivity contribution in [1.29, 1.82) is 0 Å². The van der Waals surface area contributed by atoms with E-state index in [1.165, 1.54) is 28.6 Å². The molecule has 1 amide bonds. The van der Waals surface area contributed by atoms with Crippen molar-refractivity contribution in [3.05, 3.63) is 58.6 Å². The smallest absolute Gasteiger partial charge is 0.255 e. The zero-order chi connectivity index (χ0) is 20.5. The molecule has 0 aromatic heterocycles. The number of carbonyl (C=O) groups excluding carboxylic acids is 1. The summed E-state index contributed by atoms with van der Waals surface area (Å²) in [5, 5.41) is 3.19. The molecule has 150 valence electrons. The highest BCUT2D eigenvalue weighted by atomic mass is 35.5. The number of morpholine rings is 1. The zero-order valence-electron chi connectivity index (χ0n) is 16.0. The number of rotatable bonds is 4. The molecule has 2 aromatic carbocycles. The number of nitrogens with zero attached hydrogens (tertiary/aromatic N) is 1. The Balaban J connectivity index is 1.77. The van der Waals surface area contributed by atoms with Gasteiger partial charge in [0.2, 0.25) is 10.0 Å². The lowest BCUT2D eigenvalue weighted by molar-refractivity contribution is -0.0440. The first-order valence-electron chi connectivity index (χ1n) is 9.00. The molecular formula is C20H23ClN2O4S. The van der Waals surface area contributed by atoms with E-state index in [1.807, 2.05) is 26.8 Å². The summed E-state index contributed by atoms with van der Waals surface area (Å²) >= 11 is 6.11. The van der Waals surface area contributed by atoms with E-state index in [-0.39, 0.29) is 23.0 Å². The summed E-state index contributed by atoms with van der Waals surface area (Å²) in [5.74, 6) is -0.356. The van der Waals surface area contributed by atoms with Crippen molar-refractivity contribution in [3.8, 4) is 0 Å². The molecule has 2 atom stereocenters. The summed E-state index contributed by atoms with van der Waals surface area (Å²) in [4.78, 5) is 12.6. The van der Waals surface area contributed by atoms with E-state index < -0.39 is 10.0 Å². The van der Waals surface area contributed by atoms with Crippen LogP contribution in [0.3, 0.4) is 0 Å². The van der Waals surface area contributed by atoms with Crippen LogP contribution in [-0.4, -0.2) is 43.9 Å². The van der Waals surface area contributed by atoms with Gasteiger partial charge in [-0.2, -0.15) is 4.31 Å². The third-order valence-electron chi connectivity index (χ3n) is 4.51. The average Bonchev–Trinajstić information content (AvgIpc) is 2.64. The quantitative estimate of drug-likeness (QED) is 0.815. The van der Waals surface area contributed by atoms with Gasteiger partial charge in [-0.25, -0.2) is 8.42 Å². The molecule has 0 saturated carbocycles. The molecule has 0 aliphatic carbocycles. The third-order valence-corrected chi connectivity index (χ3v) is 6.69. The van der Waals surface area contributed by atoms with Crippen molar-refractivity contribution in [2.24, 2.45) is 0 Å². The Bertz CT molecular complexity index is 966. The van der Waals surface area contributed by atoms with Gasteiger partial charge in [-0.3, -0.25) is 4.79 Å². The van der Waals surface area contributed by atoms with E-state index in [0.717, 1.165) is 5.56 Å². The van der Waals surface area contributed by atoms with Crippen LogP contribution >= 0.6 is 11.6 Å². The number of ether oxygens (including phenoxy) is 1. The fourth-order valence-corrected chi connectivity index (χ4v) is 4.94. The highest BCUT2D eigenvalue weighted by molar-refractivity contribution is 7.89. The zero-order valence-corrected chi connectivity index (χ0v) is 17.5. The Morgan fingerprint density at radius 1 is 1.11 bits per heavy atom. The van der Waals surface area contributed by atoms with E-state index in [0.29, 0.717) is 29.4 Å². The number of hydrogen-bond donors (Lipinski definition) is 1. The van der Waals surface area contributed by atoms with Crippen molar-refractivity contribution in [3.63, 3.8) is 0 Å². The predicted octanol–water partition coefficient (Wildman–Crippen LogP) is 3.70. The minimum absolute atomic E-state index is 0.152. The number of nitrogens with one attached hydrogen (secondary N) is 1. The molecular weight excluding hydrogens is 400 g/mol. The van der Waals surface area contributed by atoms with Gasteiger partial charge >= 0.3 is 0 Å². The fraction of sp³-hybridized carbons (Fsp3) is 0.350. The maximum Gasteiger partial charge on any atom is 0.255 e. The summed E-state index contributed by atoms with van der Waals surface area (Å²) in [6.07, 6.45) is -0.328. The highest BCUT2D eigenvalue weighted by Gasteiger charge is 2.32. The summed E-state index contributed by atoms with van der Waals surface area (Å²) in [7, 11) is -3.64. The Morgan fingerprint density at radius 3 is 2.32 bits per heavy atom. The SMILES string of the molecule is Cc1ccc(Cl)c(NC(=O)c2ccc(S(=O)(=O)N3CC(C)OC(C)C3)cc2)c1. The second-order valence-electron chi connectivity index (χ2n) is 7.04. The van der Waals surface area contributed by atoms with Gasteiger partial charge in [-0.05, 0) is 62.7 Å². The lowest BCUT2D eigenvalue weighted by atomic mass is 10.2. The van der Waals surface area contributed by atoms with Crippen molar-refractivity contribution < 1.29 is 17.9 Å². The molecule has 0 bridgehead atoms. The predicted molar refractivity (Wildman–Crippen MR) is 109 cm³/mol. The van der Waals surface area contributed by atoms with Crippen molar-refractivity contribution in [2.45, 2.75) is 37.9 Å². The molecule has 3 rings (SSSR count). The Hall–Kier alpha value is -1.93. The summed E-state index contributed by atoms with van der Waals surface area (Å²) in [5.41, 5.74) is 1.83. The van der Waals surface area contributed by atoms with Crippen LogP contribution in [0, 0.1) is 6.92 Å². The number of benzene rings is 2. The Labute approximate surface area is 170 Å². The van der Waals surface area contributed by atoms with E-state index in [2.05, 4.69) is 5.32 Å². The summed E-state index contributed by atoms with van der Waals surface area (Å²) in [6, 6.07) is 11.2. The topological polar surface area (TPSA) is 75.7 Å². The maximum absolute atomic E-state index is 12.9. The molecule has 1 aliphatic heterocycles. The van der Waals surface area contributed by atoms with Gasteiger partial charge in [-0.1, -0.05) is 17.7 Å². The molecule has 1 heterocycles. The van der Waals surface area contributed by atoms with E-state index in [9.17, 15) is 13.2 Å². The highest BCUT2D eigenvalue weighted by Crippen LogP contribution is 2.24. The fourth-order valence-electron chi connectivity index (χ4n) is 3.18. The first-order chi connectivity index (χ1) is 13.2. The van der Waals surface area contributed by atoms with Gasteiger partial charge < -0.3 is 10.1 Å². The lowest BCUT2D eigenvalue weighted by Gasteiger charge is -2.34. The normalized spacial score (nSPS) is 20.7. The van der Waals surface area contributed by atoms with Gasteiger partial charge in [0.15, 0.2) is 0 Å². The van der Waals surface area contributed by atoms with Crippen molar-refractivity contribution >= 4 is 33.2 Å². The molecule has 8 heteroatoms.